The van der Waals surface area contributed by atoms with Crippen LogP contribution < -0.4 is 16.6 Å². The van der Waals surface area contributed by atoms with Crippen molar-refractivity contribution in [3.63, 3.8) is 0 Å². The van der Waals surface area contributed by atoms with Gasteiger partial charge in [0.15, 0.2) is 0 Å². The van der Waals surface area contributed by atoms with Gasteiger partial charge in [-0.1, -0.05) is 25.4 Å². The molecule has 4 N–H and O–H groups in total. The minimum absolute atomic E-state index is 0.480. The van der Waals surface area contributed by atoms with Crippen molar-refractivity contribution in [3.05, 3.63) is 27.7 Å². The van der Waals surface area contributed by atoms with E-state index in [4.69, 9.17) is 17.4 Å². The molecule has 17 heavy (non-hydrogen) atoms. The second kappa shape index (κ2) is 6.83. The van der Waals surface area contributed by atoms with Gasteiger partial charge in [-0.25, -0.2) is 5.84 Å². The zero-order chi connectivity index (χ0) is 12.8. The fraction of sp³-hybridized carbons (Fsp3) is 0.364. The van der Waals surface area contributed by atoms with Gasteiger partial charge in [0.05, 0.1) is 5.02 Å². The first-order valence-corrected chi connectivity index (χ1v) is 6.43. The van der Waals surface area contributed by atoms with Crippen LogP contribution >= 0.6 is 27.5 Å². The summed E-state index contributed by atoms with van der Waals surface area (Å²) in [5, 5.41) is 3.70. The molecule has 1 aromatic rings. The predicted octanol–water partition coefficient (Wildman–Crippen LogP) is 2.99. The standard InChI is InChI=1S/C11H16BrClN4/c1-7(2)6-15-11(17-14)16-8-3-4-9(12)10(13)5-8/h3-5,7H,6,14H2,1-2H3,(H2,15,16,17). The molecule has 0 spiro atoms. The van der Waals surface area contributed by atoms with Gasteiger partial charge in [0.1, 0.15) is 0 Å². The third-order valence-electron chi connectivity index (χ3n) is 1.93. The summed E-state index contributed by atoms with van der Waals surface area (Å²) in [6.07, 6.45) is 0. The highest BCUT2D eigenvalue weighted by molar-refractivity contribution is 9.10. The lowest BCUT2D eigenvalue weighted by atomic mass is 10.2. The van der Waals surface area contributed by atoms with Crippen molar-refractivity contribution < 1.29 is 0 Å². The summed E-state index contributed by atoms with van der Waals surface area (Å²) in [5.74, 6) is 6.39. The largest absolute Gasteiger partial charge is 0.325 e. The van der Waals surface area contributed by atoms with Gasteiger partial charge in [-0.15, -0.1) is 0 Å². The molecular formula is C11H16BrClN4. The molecule has 0 saturated heterocycles. The first-order chi connectivity index (χ1) is 8.02. The number of anilines is 1. The number of rotatable bonds is 3. The molecule has 1 rings (SSSR count). The Morgan fingerprint density at radius 2 is 2.24 bits per heavy atom. The number of nitrogens with two attached hydrogens (primary N) is 1. The topological polar surface area (TPSA) is 62.4 Å². The molecule has 6 heteroatoms. The van der Waals surface area contributed by atoms with Crippen LogP contribution in [0.4, 0.5) is 5.69 Å². The average molecular weight is 320 g/mol. The van der Waals surface area contributed by atoms with Crippen LogP contribution in [0.2, 0.25) is 5.02 Å². The van der Waals surface area contributed by atoms with Crippen molar-refractivity contribution in [3.8, 4) is 0 Å². The van der Waals surface area contributed by atoms with Gasteiger partial charge in [0, 0.05) is 16.7 Å². The maximum Gasteiger partial charge on any atom is 0.210 e. The molecule has 0 saturated carbocycles. The van der Waals surface area contributed by atoms with E-state index in [2.05, 4.69) is 45.5 Å². The zero-order valence-corrected chi connectivity index (χ0v) is 12.1. The van der Waals surface area contributed by atoms with Gasteiger partial charge < -0.3 is 5.32 Å². The van der Waals surface area contributed by atoms with Crippen LogP contribution in [0.5, 0.6) is 0 Å². The molecule has 0 unspecified atom stereocenters. The van der Waals surface area contributed by atoms with E-state index in [1.807, 2.05) is 12.1 Å². The van der Waals surface area contributed by atoms with E-state index < -0.39 is 0 Å². The normalized spacial score (nSPS) is 11.8. The van der Waals surface area contributed by atoms with E-state index >= 15 is 0 Å². The molecule has 0 aliphatic carbocycles. The lowest BCUT2D eigenvalue weighted by Crippen LogP contribution is -2.36. The highest BCUT2D eigenvalue weighted by atomic mass is 79.9. The first kappa shape index (κ1) is 14.3. The molecule has 0 aliphatic rings. The van der Waals surface area contributed by atoms with Crippen molar-refractivity contribution >= 4 is 39.2 Å². The van der Waals surface area contributed by atoms with E-state index in [-0.39, 0.29) is 0 Å². The summed E-state index contributed by atoms with van der Waals surface area (Å²) in [7, 11) is 0. The molecule has 0 heterocycles. The number of hydrazine groups is 1. The second-order valence-electron chi connectivity index (χ2n) is 3.98. The monoisotopic (exact) mass is 318 g/mol. The summed E-state index contributed by atoms with van der Waals surface area (Å²) < 4.78 is 0.853. The minimum atomic E-state index is 0.480. The van der Waals surface area contributed by atoms with Crippen LogP contribution in [0.1, 0.15) is 13.8 Å². The van der Waals surface area contributed by atoms with Crippen molar-refractivity contribution in [2.75, 3.05) is 11.9 Å². The third kappa shape index (κ3) is 4.93. The summed E-state index contributed by atoms with van der Waals surface area (Å²) in [6.45, 7) is 4.89. The number of nitrogens with zero attached hydrogens (tertiary/aromatic N) is 1. The Morgan fingerprint density at radius 3 is 2.76 bits per heavy atom. The van der Waals surface area contributed by atoms with Gasteiger partial charge in [-0.2, -0.15) is 0 Å². The van der Waals surface area contributed by atoms with Gasteiger partial charge in [-0.3, -0.25) is 10.4 Å². The number of hydrogen-bond acceptors (Lipinski definition) is 2. The molecule has 94 valence electrons. The summed E-state index contributed by atoms with van der Waals surface area (Å²) in [5.41, 5.74) is 3.36. The van der Waals surface area contributed by atoms with Gasteiger partial charge in [0.25, 0.3) is 0 Å². The fourth-order valence-corrected chi connectivity index (χ4v) is 1.53. The lowest BCUT2D eigenvalue weighted by molar-refractivity contribution is 0.663. The Morgan fingerprint density at radius 1 is 1.53 bits per heavy atom. The van der Waals surface area contributed by atoms with Crippen LogP contribution in [0, 0.1) is 5.92 Å². The van der Waals surface area contributed by atoms with E-state index in [1.54, 1.807) is 6.07 Å². The number of aliphatic imine (C=N–C) groups is 1. The van der Waals surface area contributed by atoms with Crippen LogP contribution in [-0.2, 0) is 0 Å². The SMILES string of the molecule is CC(C)CN=C(NN)Nc1ccc(Br)c(Cl)c1. The van der Waals surface area contributed by atoms with Crippen LogP contribution in [0.25, 0.3) is 0 Å². The van der Waals surface area contributed by atoms with E-state index in [1.165, 1.54) is 0 Å². The Hall–Kier alpha value is -0.780. The number of halogens is 2. The summed E-state index contributed by atoms with van der Waals surface area (Å²) >= 11 is 9.32. The average Bonchev–Trinajstić information content (AvgIpc) is 2.28. The smallest absolute Gasteiger partial charge is 0.210 e. The number of benzene rings is 1. The van der Waals surface area contributed by atoms with Crippen LogP contribution in [-0.4, -0.2) is 12.5 Å². The third-order valence-corrected chi connectivity index (χ3v) is 3.17. The zero-order valence-electron chi connectivity index (χ0n) is 9.80. The number of nitrogens with one attached hydrogen (secondary N) is 2. The maximum atomic E-state index is 5.99. The Balaban J connectivity index is 2.73. The first-order valence-electron chi connectivity index (χ1n) is 5.26. The van der Waals surface area contributed by atoms with Crippen molar-refractivity contribution in [1.29, 1.82) is 0 Å². The van der Waals surface area contributed by atoms with E-state index in [0.717, 1.165) is 10.2 Å². The Kier molecular flexibility index (Phi) is 5.74. The second-order valence-corrected chi connectivity index (χ2v) is 5.24. The Labute approximate surface area is 115 Å². The molecule has 0 amide bonds. The molecule has 0 aliphatic heterocycles. The molecule has 0 fully saturated rings. The molecule has 0 bridgehead atoms. The molecule has 0 radical (unpaired) electrons. The Bertz CT molecular complexity index is 406. The van der Waals surface area contributed by atoms with Crippen LogP contribution in [0.15, 0.2) is 27.7 Å². The molecular weight excluding hydrogens is 304 g/mol. The highest BCUT2D eigenvalue weighted by Crippen LogP contribution is 2.25. The number of guanidine groups is 1. The van der Waals surface area contributed by atoms with Crippen LogP contribution in [0.3, 0.4) is 0 Å². The van der Waals surface area contributed by atoms with Crippen molar-refractivity contribution in [2.45, 2.75) is 13.8 Å². The van der Waals surface area contributed by atoms with E-state index in [9.17, 15) is 0 Å². The van der Waals surface area contributed by atoms with Gasteiger partial charge >= 0.3 is 0 Å². The van der Waals surface area contributed by atoms with E-state index in [0.29, 0.717) is 23.4 Å². The fourth-order valence-electron chi connectivity index (χ4n) is 1.11. The van der Waals surface area contributed by atoms with Gasteiger partial charge in [0.2, 0.25) is 5.96 Å². The predicted molar refractivity (Wildman–Crippen MR) is 77.2 cm³/mol. The molecule has 1 aromatic carbocycles. The van der Waals surface area contributed by atoms with Crippen molar-refractivity contribution in [2.24, 2.45) is 16.8 Å². The number of hydrogen-bond donors (Lipinski definition) is 3. The molecule has 0 atom stereocenters. The molecule has 4 nitrogen and oxygen atoms in total. The minimum Gasteiger partial charge on any atom is -0.325 e. The van der Waals surface area contributed by atoms with Crippen molar-refractivity contribution in [1.82, 2.24) is 5.43 Å². The summed E-state index contributed by atoms with van der Waals surface area (Å²) in [4.78, 5) is 4.30. The molecule has 0 aromatic heterocycles. The maximum absolute atomic E-state index is 5.99. The quantitative estimate of drug-likeness (QED) is 0.347. The van der Waals surface area contributed by atoms with Gasteiger partial charge in [-0.05, 0) is 40.0 Å². The summed E-state index contributed by atoms with van der Waals surface area (Å²) in [6, 6.07) is 5.55. The lowest BCUT2D eigenvalue weighted by Gasteiger charge is -2.10. The highest BCUT2D eigenvalue weighted by Gasteiger charge is 2.02.